The summed E-state index contributed by atoms with van der Waals surface area (Å²) in [6.07, 6.45) is -1.79. The third-order valence-electron chi connectivity index (χ3n) is 5.43. The van der Waals surface area contributed by atoms with Gasteiger partial charge in [0.25, 0.3) is 0 Å². The molecule has 4 N–H and O–H groups in total. The third-order valence-corrected chi connectivity index (χ3v) is 5.43. The Kier molecular flexibility index (Phi) is 7.27. The van der Waals surface area contributed by atoms with E-state index in [9.17, 15) is 18.0 Å². The summed E-state index contributed by atoms with van der Waals surface area (Å²) in [6.45, 7) is 2.56. The first-order valence-corrected chi connectivity index (χ1v) is 10.4. The minimum absolute atomic E-state index is 0.215. The summed E-state index contributed by atoms with van der Waals surface area (Å²) in [5.74, 6) is -0.285. The number of ether oxygens (including phenoxy) is 1. The lowest BCUT2D eigenvalue weighted by Crippen LogP contribution is -2.34. The van der Waals surface area contributed by atoms with E-state index in [1.807, 2.05) is 6.92 Å². The van der Waals surface area contributed by atoms with Gasteiger partial charge in [-0.2, -0.15) is 23.4 Å². The van der Waals surface area contributed by atoms with Gasteiger partial charge >= 0.3 is 12.1 Å². The predicted octanol–water partition coefficient (Wildman–Crippen LogP) is 3.79. The zero-order valence-corrected chi connectivity index (χ0v) is 17.4. The van der Waals surface area contributed by atoms with Gasteiger partial charge in [0.05, 0.1) is 17.0 Å². The van der Waals surface area contributed by atoms with Crippen LogP contribution in [0.5, 0.6) is 0 Å². The lowest BCUT2D eigenvalue weighted by atomic mass is 9.85. The highest BCUT2D eigenvalue weighted by Gasteiger charge is 2.32. The molecular weight excluding hydrogens is 409 g/mol. The molecule has 2 aromatic rings. The Morgan fingerprint density at radius 3 is 2.74 bits per heavy atom. The molecule has 1 aromatic heterocycles. The standard InChI is InChI=1S/C22H27F3N4O2/c1-13-9-19-16(20(10-13)31-21(30)17(27)7-2-3-8-26)12-18(28-29-19)14-5-4-6-15(11-14)22(23,24)25/h4-6,11-13,17,20H,2-3,7-10,26-27H2,1H3/t13?,17-,20?/m0/s1. The predicted molar refractivity (Wildman–Crippen MR) is 110 cm³/mol. The molecule has 0 amide bonds. The Morgan fingerprint density at radius 2 is 2.03 bits per heavy atom. The van der Waals surface area contributed by atoms with Crippen LogP contribution < -0.4 is 11.5 Å². The Morgan fingerprint density at radius 1 is 1.26 bits per heavy atom. The van der Waals surface area contributed by atoms with E-state index in [1.165, 1.54) is 6.07 Å². The third kappa shape index (κ3) is 5.80. The van der Waals surface area contributed by atoms with E-state index < -0.39 is 29.9 Å². The first-order chi connectivity index (χ1) is 14.7. The first-order valence-electron chi connectivity index (χ1n) is 10.4. The van der Waals surface area contributed by atoms with E-state index in [0.717, 1.165) is 25.0 Å². The molecule has 3 rings (SSSR count). The van der Waals surface area contributed by atoms with Crippen LogP contribution in [0.3, 0.4) is 0 Å². The largest absolute Gasteiger partial charge is 0.456 e. The van der Waals surface area contributed by atoms with Crippen molar-refractivity contribution < 1.29 is 22.7 Å². The lowest BCUT2D eigenvalue weighted by Gasteiger charge is -2.29. The summed E-state index contributed by atoms with van der Waals surface area (Å²) >= 11 is 0. The minimum Gasteiger partial charge on any atom is -0.456 e. The molecule has 0 saturated carbocycles. The van der Waals surface area contributed by atoms with E-state index in [1.54, 1.807) is 12.1 Å². The van der Waals surface area contributed by atoms with Crippen molar-refractivity contribution in [2.45, 2.75) is 57.3 Å². The Labute approximate surface area is 179 Å². The number of hydrogen-bond donors (Lipinski definition) is 2. The molecule has 9 heteroatoms. The number of fused-ring (bicyclic) bond motifs is 1. The number of rotatable bonds is 7. The van der Waals surface area contributed by atoms with Crippen molar-refractivity contribution >= 4 is 5.97 Å². The number of esters is 1. The number of halogens is 3. The zero-order valence-electron chi connectivity index (χ0n) is 17.4. The van der Waals surface area contributed by atoms with Gasteiger partial charge in [0.1, 0.15) is 12.1 Å². The van der Waals surface area contributed by atoms with Gasteiger partial charge in [-0.1, -0.05) is 25.5 Å². The molecule has 0 spiro atoms. The summed E-state index contributed by atoms with van der Waals surface area (Å²) in [4.78, 5) is 12.5. The summed E-state index contributed by atoms with van der Waals surface area (Å²) in [5, 5.41) is 8.36. The van der Waals surface area contributed by atoms with Gasteiger partial charge in [0.2, 0.25) is 0 Å². The molecule has 31 heavy (non-hydrogen) atoms. The molecule has 0 radical (unpaired) electrons. The molecule has 0 bridgehead atoms. The van der Waals surface area contributed by atoms with Gasteiger partial charge in [-0.15, -0.1) is 0 Å². The topological polar surface area (TPSA) is 104 Å². The van der Waals surface area contributed by atoms with Crippen molar-refractivity contribution in [2.75, 3.05) is 6.54 Å². The molecule has 1 aliphatic rings. The monoisotopic (exact) mass is 436 g/mol. The van der Waals surface area contributed by atoms with Crippen LogP contribution in [-0.2, 0) is 22.1 Å². The van der Waals surface area contributed by atoms with Crippen LogP contribution in [0.25, 0.3) is 11.3 Å². The number of carbonyl (C=O) groups is 1. The second kappa shape index (κ2) is 9.74. The second-order valence-corrected chi connectivity index (χ2v) is 8.07. The summed E-state index contributed by atoms with van der Waals surface area (Å²) in [7, 11) is 0. The fourth-order valence-corrected chi connectivity index (χ4v) is 3.74. The number of nitrogens with zero attached hydrogens (tertiary/aromatic N) is 2. The molecule has 3 atom stereocenters. The van der Waals surface area contributed by atoms with Gasteiger partial charge < -0.3 is 16.2 Å². The molecule has 0 saturated heterocycles. The highest BCUT2D eigenvalue weighted by Crippen LogP contribution is 2.37. The molecule has 0 aliphatic heterocycles. The van der Waals surface area contributed by atoms with Crippen molar-refractivity contribution in [1.82, 2.24) is 10.2 Å². The van der Waals surface area contributed by atoms with Crippen LogP contribution >= 0.6 is 0 Å². The Bertz CT molecular complexity index is 920. The number of alkyl halides is 3. The van der Waals surface area contributed by atoms with Crippen LogP contribution in [0.4, 0.5) is 13.2 Å². The van der Waals surface area contributed by atoms with E-state index in [4.69, 9.17) is 16.2 Å². The second-order valence-electron chi connectivity index (χ2n) is 8.07. The Hall–Kier alpha value is -2.52. The quantitative estimate of drug-likeness (QED) is 0.506. The maximum atomic E-state index is 13.1. The molecular formula is C22H27F3N4O2. The van der Waals surface area contributed by atoms with Crippen molar-refractivity contribution in [3.8, 4) is 11.3 Å². The number of carbonyl (C=O) groups excluding carboxylic acids is 1. The molecule has 1 aromatic carbocycles. The van der Waals surface area contributed by atoms with E-state index in [-0.39, 0.29) is 5.92 Å². The highest BCUT2D eigenvalue weighted by atomic mass is 19.4. The number of benzene rings is 1. The first kappa shape index (κ1) is 23.1. The molecule has 168 valence electrons. The number of hydrogen-bond acceptors (Lipinski definition) is 6. The lowest BCUT2D eigenvalue weighted by molar-refractivity contribution is -0.152. The fourth-order valence-electron chi connectivity index (χ4n) is 3.74. The van der Waals surface area contributed by atoms with Crippen molar-refractivity contribution in [1.29, 1.82) is 0 Å². The summed E-state index contributed by atoms with van der Waals surface area (Å²) in [5.41, 5.74) is 12.6. The SMILES string of the molecule is CC1Cc2nnc(-c3cccc(C(F)(F)F)c3)cc2C(OC(=O)[C@@H](N)CCCCN)C1. The fraction of sp³-hybridized carbons (Fsp3) is 0.500. The van der Waals surface area contributed by atoms with Crippen LogP contribution in [0, 0.1) is 5.92 Å². The van der Waals surface area contributed by atoms with Crippen molar-refractivity contribution in [2.24, 2.45) is 17.4 Å². The highest BCUT2D eigenvalue weighted by molar-refractivity contribution is 5.75. The number of unbranched alkanes of at least 4 members (excludes halogenated alkanes) is 1. The average molecular weight is 436 g/mol. The van der Waals surface area contributed by atoms with Gasteiger partial charge in [0.15, 0.2) is 0 Å². The van der Waals surface area contributed by atoms with Gasteiger partial charge in [-0.05, 0) is 56.3 Å². The van der Waals surface area contributed by atoms with Crippen LogP contribution in [0.15, 0.2) is 30.3 Å². The number of aromatic nitrogens is 2. The molecule has 0 fully saturated rings. The zero-order chi connectivity index (χ0) is 22.6. The summed E-state index contributed by atoms with van der Waals surface area (Å²) in [6, 6.07) is 5.85. The van der Waals surface area contributed by atoms with Crippen LogP contribution in [0.2, 0.25) is 0 Å². The van der Waals surface area contributed by atoms with Gasteiger partial charge in [-0.25, -0.2) is 0 Å². The maximum Gasteiger partial charge on any atom is 0.416 e. The maximum absolute atomic E-state index is 13.1. The average Bonchev–Trinajstić information content (AvgIpc) is 2.73. The molecule has 2 unspecified atom stereocenters. The van der Waals surface area contributed by atoms with E-state index in [2.05, 4.69) is 10.2 Å². The molecule has 1 aliphatic carbocycles. The van der Waals surface area contributed by atoms with Gasteiger partial charge in [0, 0.05) is 11.1 Å². The summed E-state index contributed by atoms with van der Waals surface area (Å²) < 4.78 is 44.9. The smallest absolute Gasteiger partial charge is 0.416 e. The van der Waals surface area contributed by atoms with E-state index in [0.29, 0.717) is 48.3 Å². The molecule has 1 heterocycles. The molecule has 6 nitrogen and oxygen atoms in total. The van der Waals surface area contributed by atoms with Crippen molar-refractivity contribution in [3.63, 3.8) is 0 Å². The Balaban J connectivity index is 1.85. The minimum atomic E-state index is -4.45. The van der Waals surface area contributed by atoms with Crippen LogP contribution in [-0.4, -0.2) is 28.8 Å². The van der Waals surface area contributed by atoms with E-state index >= 15 is 0 Å². The van der Waals surface area contributed by atoms with Crippen molar-refractivity contribution in [3.05, 3.63) is 47.2 Å². The normalized spacial score (nSPS) is 19.5. The number of nitrogens with two attached hydrogens (primary N) is 2. The van der Waals surface area contributed by atoms with Crippen LogP contribution in [0.1, 0.15) is 55.5 Å². The van der Waals surface area contributed by atoms with Gasteiger partial charge in [-0.3, -0.25) is 4.79 Å².